The van der Waals surface area contributed by atoms with Crippen LogP contribution >= 0.6 is 0 Å². The first-order valence-electron chi connectivity index (χ1n) is 8.33. The molecule has 1 amide bonds. The molecule has 140 valence electrons. The molecule has 9 heteroatoms. The molecule has 8 nitrogen and oxygen atoms in total. The van der Waals surface area contributed by atoms with Crippen molar-refractivity contribution in [3.05, 3.63) is 46.3 Å². The van der Waals surface area contributed by atoms with Crippen molar-refractivity contribution < 1.29 is 17.6 Å². The Bertz CT molecular complexity index is 962. The van der Waals surface area contributed by atoms with Gasteiger partial charge in [0.05, 0.1) is 11.6 Å². The van der Waals surface area contributed by atoms with E-state index in [2.05, 4.69) is 10.2 Å². The monoisotopic (exact) mass is 379 g/mol. The number of amides is 1. The molecule has 0 atom stereocenters. The molecule has 2 aromatic rings. The first-order valence-corrected chi connectivity index (χ1v) is 10.2. The van der Waals surface area contributed by atoms with Gasteiger partial charge in [-0.1, -0.05) is 12.1 Å². The van der Waals surface area contributed by atoms with Crippen LogP contribution in [0.5, 0.6) is 0 Å². The van der Waals surface area contributed by atoms with Gasteiger partial charge in [-0.05, 0) is 12.1 Å². The van der Waals surface area contributed by atoms with Crippen LogP contribution in [0, 0.1) is 0 Å². The first kappa shape index (κ1) is 18.6. The minimum atomic E-state index is -3.15. The zero-order valence-corrected chi connectivity index (χ0v) is 15.3. The van der Waals surface area contributed by atoms with Crippen LogP contribution in [0.2, 0.25) is 0 Å². The SMILES string of the molecule is CS(=O)(=O)N1CCN(CCNC(=O)c2cc(=O)c3ccccc3o2)CC1. The third-order valence-corrected chi connectivity index (χ3v) is 5.68. The van der Waals surface area contributed by atoms with Gasteiger partial charge < -0.3 is 9.73 Å². The van der Waals surface area contributed by atoms with Crippen LogP contribution in [0.25, 0.3) is 11.0 Å². The number of hydrogen-bond acceptors (Lipinski definition) is 6. The molecule has 1 aliphatic heterocycles. The van der Waals surface area contributed by atoms with E-state index in [1.54, 1.807) is 24.3 Å². The van der Waals surface area contributed by atoms with Gasteiger partial charge in [-0.25, -0.2) is 8.42 Å². The molecule has 0 bridgehead atoms. The number of fused-ring (bicyclic) bond motifs is 1. The van der Waals surface area contributed by atoms with Crippen molar-refractivity contribution in [3.8, 4) is 0 Å². The van der Waals surface area contributed by atoms with Gasteiger partial charge in [0, 0.05) is 45.3 Å². The summed E-state index contributed by atoms with van der Waals surface area (Å²) in [5.41, 5.74) is 0.121. The summed E-state index contributed by atoms with van der Waals surface area (Å²) in [5.74, 6) is -0.460. The Hall–Kier alpha value is -2.23. The highest BCUT2D eigenvalue weighted by Crippen LogP contribution is 2.11. The predicted octanol–water partition coefficient (Wildman–Crippen LogP) is 0.100. The van der Waals surface area contributed by atoms with Crippen LogP contribution in [-0.2, 0) is 10.0 Å². The third-order valence-electron chi connectivity index (χ3n) is 4.37. The first-order chi connectivity index (χ1) is 12.3. The van der Waals surface area contributed by atoms with Gasteiger partial charge >= 0.3 is 0 Å². The molecule has 1 N–H and O–H groups in total. The maximum Gasteiger partial charge on any atom is 0.287 e. The summed E-state index contributed by atoms with van der Waals surface area (Å²) in [7, 11) is -3.15. The van der Waals surface area contributed by atoms with E-state index < -0.39 is 15.9 Å². The molecule has 1 aromatic carbocycles. The van der Waals surface area contributed by atoms with Crippen molar-refractivity contribution >= 4 is 26.9 Å². The number of sulfonamides is 1. The fourth-order valence-corrected chi connectivity index (χ4v) is 3.74. The zero-order chi connectivity index (χ0) is 18.7. The summed E-state index contributed by atoms with van der Waals surface area (Å²) in [6.07, 6.45) is 1.21. The molecule has 0 saturated carbocycles. The predicted molar refractivity (Wildman–Crippen MR) is 97.7 cm³/mol. The van der Waals surface area contributed by atoms with Crippen LogP contribution in [0.1, 0.15) is 10.6 Å². The lowest BCUT2D eigenvalue weighted by Gasteiger charge is -2.33. The lowest BCUT2D eigenvalue weighted by atomic mass is 10.2. The van der Waals surface area contributed by atoms with Crippen molar-refractivity contribution in [1.29, 1.82) is 0 Å². The van der Waals surface area contributed by atoms with E-state index in [1.165, 1.54) is 16.6 Å². The van der Waals surface area contributed by atoms with Gasteiger partial charge in [-0.15, -0.1) is 0 Å². The number of carbonyl (C=O) groups excluding carboxylic acids is 1. The summed E-state index contributed by atoms with van der Waals surface area (Å²) < 4.78 is 29.9. The number of nitrogens with zero attached hydrogens (tertiary/aromatic N) is 2. The topological polar surface area (TPSA) is 99.9 Å². The maximum absolute atomic E-state index is 12.2. The van der Waals surface area contributed by atoms with E-state index in [1.807, 2.05) is 0 Å². The van der Waals surface area contributed by atoms with Gasteiger partial charge in [0.1, 0.15) is 5.58 Å². The molecule has 26 heavy (non-hydrogen) atoms. The van der Waals surface area contributed by atoms with E-state index in [4.69, 9.17) is 4.42 Å². The maximum atomic E-state index is 12.2. The minimum Gasteiger partial charge on any atom is -0.451 e. The van der Waals surface area contributed by atoms with E-state index in [9.17, 15) is 18.0 Å². The summed E-state index contributed by atoms with van der Waals surface area (Å²) in [4.78, 5) is 26.3. The summed E-state index contributed by atoms with van der Waals surface area (Å²) >= 11 is 0. The average Bonchev–Trinajstić information content (AvgIpc) is 2.61. The highest BCUT2D eigenvalue weighted by Gasteiger charge is 2.23. The summed E-state index contributed by atoms with van der Waals surface area (Å²) in [6, 6.07) is 7.97. The Balaban J connectivity index is 1.53. The van der Waals surface area contributed by atoms with Crippen molar-refractivity contribution in [1.82, 2.24) is 14.5 Å². The van der Waals surface area contributed by atoms with Crippen LogP contribution in [0.15, 0.2) is 39.5 Å². The molecule has 1 saturated heterocycles. The Kier molecular flexibility index (Phi) is 5.40. The van der Waals surface area contributed by atoms with Gasteiger partial charge in [0.25, 0.3) is 5.91 Å². The number of carbonyl (C=O) groups is 1. The summed E-state index contributed by atoms with van der Waals surface area (Å²) in [6.45, 7) is 3.12. The third kappa shape index (κ3) is 4.29. The van der Waals surface area contributed by atoms with Crippen LogP contribution in [0.3, 0.4) is 0 Å². The molecule has 1 fully saturated rings. The lowest BCUT2D eigenvalue weighted by molar-refractivity contribution is 0.0918. The normalized spacial score (nSPS) is 16.7. The molecular weight excluding hydrogens is 358 g/mol. The van der Waals surface area contributed by atoms with Gasteiger partial charge in [-0.2, -0.15) is 4.31 Å². The molecule has 3 rings (SSSR count). The Morgan fingerprint density at radius 3 is 2.58 bits per heavy atom. The van der Waals surface area contributed by atoms with Crippen molar-refractivity contribution in [3.63, 3.8) is 0 Å². The molecule has 1 aromatic heterocycles. The Labute approximate surface area is 151 Å². The molecule has 2 heterocycles. The van der Waals surface area contributed by atoms with E-state index >= 15 is 0 Å². The zero-order valence-electron chi connectivity index (χ0n) is 14.5. The molecule has 0 aliphatic carbocycles. The quantitative estimate of drug-likeness (QED) is 0.791. The van der Waals surface area contributed by atoms with Gasteiger partial charge in [0.2, 0.25) is 10.0 Å². The Morgan fingerprint density at radius 1 is 1.19 bits per heavy atom. The average molecular weight is 379 g/mol. The molecule has 1 aliphatic rings. The largest absolute Gasteiger partial charge is 0.451 e. The summed E-state index contributed by atoms with van der Waals surface area (Å²) in [5, 5.41) is 3.17. The smallest absolute Gasteiger partial charge is 0.287 e. The van der Waals surface area contributed by atoms with Crippen LogP contribution in [0.4, 0.5) is 0 Å². The second kappa shape index (κ2) is 7.56. The number of benzene rings is 1. The van der Waals surface area contributed by atoms with Crippen LogP contribution < -0.4 is 10.7 Å². The van der Waals surface area contributed by atoms with Gasteiger partial charge in [-0.3, -0.25) is 14.5 Å². The fraction of sp³-hybridized carbons (Fsp3) is 0.412. The Morgan fingerprint density at radius 2 is 1.88 bits per heavy atom. The highest BCUT2D eigenvalue weighted by atomic mass is 32.2. The highest BCUT2D eigenvalue weighted by molar-refractivity contribution is 7.88. The molecule has 0 radical (unpaired) electrons. The lowest BCUT2D eigenvalue weighted by Crippen LogP contribution is -2.49. The number of nitrogens with one attached hydrogen (secondary N) is 1. The second-order valence-electron chi connectivity index (χ2n) is 6.23. The number of para-hydroxylation sites is 1. The number of hydrogen-bond donors (Lipinski definition) is 1. The van der Waals surface area contributed by atoms with E-state index in [-0.39, 0.29) is 11.2 Å². The van der Waals surface area contributed by atoms with Crippen molar-refractivity contribution in [2.75, 3.05) is 45.5 Å². The van der Waals surface area contributed by atoms with Gasteiger partial charge in [0.15, 0.2) is 11.2 Å². The fourth-order valence-electron chi connectivity index (χ4n) is 2.92. The van der Waals surface area contributed by atoms with Crippen LogP contribution in [-0.4, -0.2) is 69.1 Å². The van der Waals surface area contributed by atoms with E-state index in [0.29, 0.717) is 50.2 Å². The van der Waals surface area contributed by atoms with E-state index in [0.717, 1.165) is 0 Å². The standard InChI is InChI=1S/C17H21N3O5S/c1-26(23,24)20-10-8-19(9-11-20)7-6-18-17(22)16-12-14(21)13-4-2-3-5-15(13)25-16/h2-5,12H,6-11H2,1H3,(H,18,22). The second-order valence-corrected chi connectivity index (χ2v) is 8.21. The van der Waals surface area contributed by atoms with Crippen molar-refractivity contribution in [2.24, 2.45) is 0 Å². The minimum absolute atomic E-state index is 0.0180. The molecule has 0 spiro atoms. The van der Waals surface area contributed by atoms with Crippen molar-refractivity contribution in [2.45, 2.75) is 0 Å². The molecule has 0 unspecified atom stereocenters. The number of rotatable bonds is 5. The molecular formula is C17H21N3O5S. The number of piperazine rings is 1.